The van der Waals surface area contributed by atoms with E-state index in [4.69, 9.17) is 0 Å². The van der Waals surface area contributed by atoms with E-state index in [-0.39, 0.29) is 18.7 Å². The lowest BCUT2D eigenvalue weighted by molar-refractivity contribution is -0.135. The fourth-order valence-electron chi connectivity index (χ4n) is 3.68. The Hall–Kier alpha value is -3.24. The van der Waals surface area contributed by atoms with E-state index >= 15 is 0 Å². The summed E-state index contributed by atoms with van der Waals surface area (Å²) in [6.07, 6.45) is 1.31. The third-order valence-electron chi connectivity index (χ3n) is 5.04. The molecule has 0 saturated carbocycles. The molecule has 0 bridgehead atoms. The van der Waals surface area contributed by atoms with E-state index in [0.29, 0.717) is 16.8 Å². The lowest BCUT2D eigenvalue weighted by Crippen LogP contribution is -2.41. The van der Waals surface area contributed by atoms with Crippen molar-refractivity contribution in [1.29, 1.82) is 0 Å². The maximum atomic E-state index is 12.9. The number of benzene rings is 3. The summed E-state index contributed by atoms with van der Waals surface area (Å²) in [6, 6.07) is 20.2. The molecule has 1 aliphatic rings. The molecule has 0 fully saturated rings. The molecule has 1 unspecified atom stereocenters. The summed E-state index contributed by atoms with van der Waals surface area (Å²) in [4.78, 5) is 27.3. The van der Waals surface area contributed by atoms with Gasteiger partial charge in [0.05, 0.1) is 12.1 Å². The Bertz CT molecular complexity index is 1070. The van der Waals surface area contributed by atoms with Crippen LogP contribution in [0.15, 0.2) is 79.4 Å². The molecule has 27 heavy (non-hydrogen) atoms. The Labute approximate surface area is 157 Å². The van der Waals surface area contributed by atoms with Gasteiger partial charge in [-0.1, -0.05) is 60.7 Å². The van der Waals surface area contributed by atoms with Crippen molar-refractivity contribution in [3.05, 3.63) is 90.5 Å². The van der Waals surface area contributed by atoms with Crippen molar-refractivity contribution in [2.45, 2.75) is 12.0 Å². The summed E-state index contributed by atoms with van der Waals surface area (Å²) < 4.78 is 0. The molecule has 134 valence electrons. The molecule has 1 atom stereocenters. The Kier molecular flexibility index (Phi) is 4.13. The van der Waals surface area contributed by atoms with Crippen LogP contribution in [0.3, 0.4) is 0 Å². The van der Waals surface area contributed by atoms with Crippen LogP contribution < -0.4 is 4.90 Å². The summed E-state index contributed by atoms with van der Waals surface area (Å²) in [5.74, 6) is -0.760. The third kappa shape index (κ3) is 2.75. The molecule has 3 aromatic carbocycles. The van der Waals surface area contributed by atoms with Crippen molar-refractivity contribution in [2.75, 3.05) is 11.4 Å². The van der Waals surface area contributed by atoms with Crippen LogP contribution in [0.2, 0.25) is 0 Å². The molecular formula is C23H19NO3. The van der Waals surface area contributed by atoms with Gasteiger partial charge < -0.3 is 10.0 Å². The highest BCUT2D eigenvalue weighted by atomic mass is 16.3. The number of para-hydroxylation sites is 1. The molecule has 4 nitrogen and oxygen atoms in total. The second kappa shape index (κ2) is 6.49. The molecule has 3 aromatic rings. The predicted molar refractivity (Wildman–Crippen MR) is 106 cm³/mol. The van der Waals surface area contributed by atoms with Crippen molar-refractivity contribution in [2.24, 2.45) is 0 Å². The summed E-state index contributed by atoms with van der Waals surface area (Å²) in [5.41, 5.74) is -0.292. The molecule has 4 heteroatoms. The molecule has 1 amide bonds. The lowest BCUT2D eigenvalue weighted by atomic mass is 9.88. The normalized spacial score (nSPS) is 18.6. The number of hydrogen-bond acceptors (Lipinski definition) is 3. The molecular weight excluding hydrogens is 338 g/mol. The molecule has 0 aromatic heterocycles. The second-order valence-electron chi connectivity index (χ2n) is 6.74. The maximum Gasteiger partial charge on any atom is 0.264 e. The molecule has 1 heterocycles. The molecule has 1 N–H and O–H groups in total. The number of aliphatic hydroxyl groups is 1. The highest BCUT2D eigenvalue weighted by Crippen LogP contribution is 2.42. The lowest BCUT2D eigenvalue weighted by Gasteiger charge is -2.22. The van der Waals surface area contributed by atoms with Crippen LogP contribution in [-0.2, 0) is 10.4 Å². The van der Waals surface area contributed by atoms with Crippen molar-refractivity contribution in [1.82, 2.24) is 0 Å². The van der Waals surface area contributed by atoms with Crippen LogP contribution in [-0.4, -0.2) is 23.3 Å². The van der Waals surface area contributed by atoms with Crippen LogP contribution in [0.5, 0.6) is 0 Å². The van der Waals surface area contributed by atoms with Gasteiger partial charge in [-0.15, -0.1) is 6.58 Å². The zero-order valence-electron chi connectivity index (χ0n) is 14.8. The van der Waals surface area contributed by atoms with Crippen LogP contribution in [0, 0.1) is 0 Å². The summed E-state index contributed by atoms with van der Waals surface area (Å²) in [7, 11) is 0. The second-order valence-corrected chi connectivity index (χ2v) is 6.74. The fourth-order valence-corrected chi connectivity index (χ4v) is 3.68. The summed E-state index contributed by atoms with van der Waals surface area (Å²) in [5, 5.41) is 13.2. The van der Waals surface area contributed by atoms with Crippen LogP contribution >= 0.6 is 0 Å². The number of Topliss-reactive ketones (excluding diaryl/α,β-unsaturated/α-hetero) is 1. The molecule has 1 aliphatic heterocycles. The Morgan fingerprint density at radius 1 is 1.04 bits per heavy atom. The number of carbonyl (C=O) groups is 2. The van der Waals surface area contributed by atoms with Crippen molar-refractivity contribution < 1.29 is 14.7 Å². The van der Waals surface area contributed by atoms with Gasteiger partial charge in [-0.2, -0.15) is 0 Å². The first-order valence-corrected chi connectivity index (χ1v) is 8.81. The molecule has 4 rings (SSSR count). The van der Waals surface area contributed by atoms with Crippen LogP contribution in [0.25, 0.3) is 10.8 Å². The van der Waals surface area contributed by atoms with Gasteiger partial charge in [0.2, 0.25) is 0 Å². The largest absolute Gasteiger partial charge is 0.375 e. The molecule has 0 spiro atoms. The van der Waals surface area contributed by atoms with Gasteiger partial charge in [-0.05, 0) is 22.9 Å². The van der Waals surface area contributed by atoms with Gasteiger partial charge in [0, 0.05) is 17.7 Å². The highest BCUT2D eigenvalue weighted by molar-refractivity contribution is 6.11. The minimum atomic E-state index is -1.86. The third-order valence-corrected chi connectivity index (χ3v) is 5.04. The number of hydrogen-bond donors (Lipinski definition) is 1. The Morgan fingerprint density at radius 2 is 1.74 bits per heavy atom. The van der Waals surface area contributed by atoms with E-state index in [1.807, 2.05) is 30.3 Å². The number of carbonyl (C=O) groups excluding carboxylic acids is 2. The standard InChI is InChI=1S/C23H19NO3/c1-2-13-24-20-10-6-5-9-19(20)23(27,22(24)26)15-21(25)18-12-11-16-7-3-4-8-17(16)14-18/h2-12,14,27H,1,13,15H2. The van der Waals surface area contributed by atoms with Crippen molar-refractivity contribution in [3.8, 4) is 0 Å². The minimum Gasteiger partial charge on any atom is -0.375 e. The number of ketones is 1. The first kappa shape index (κ1) is 17.2. The molecule has 0 saturated heterocycles. The van der Waals surface area contributed by atoms with Crippen molar-refractivity contribution >= 4 is 28.2 Å². The number of fused-ring (bicyclic) bond motifs is 2. The molecule has 0 radical (unpaired) electrons. The number of nitrogens with zero attached hydrogens (tertiary/aromatic N) is 1. The van der Waals surface area contributed by atoms with E-state index in [9.17, 15) is 14.7 Å². The van der Waals surface area contributed by atoms with Gasteiger partial charge in [0.15, 0.2) is 11.4 Å². The van der Waals surface area contributed by atoms with Gasteiger partial charge in [0.25, 0.3) is 5.91 Å². The van der Waals surface area contributed by atoms with Gasteiger partial charge in [-0.3, -0.25) is 9.59 Å². The van der Waals surface area contributed by atoms with E-state index in [1.165, 1.54) is 4.90 Å². The van der Waals surface area contributed by atoms with Crippen molar-refractivity contribution in [3.63, 3.8) is 0 Å². The van der Waals surface area contributed by atoms with E-state index in [2.05, 4.69) is 6.58 Å². The highest BCUT2D eigenvalue weighted by Gasteiger charge is 2.50. The van der Waals surface area contributed by atoms with E-state index in [0.717, 1.165) is 10.8 Å². The number of anilines is 1. The average molecular weight is 357 g/mol. The van der Waals surface area contributed by atoms with Gasteiger partial charge in [-0.25, -0.2) is 0 Å². The maximum absolute atomic E-state index is 12.9. The van der Waals surface area contributed by atoms with E-state index in [1.54, 1.807) is 42.5 Å². The van der Waals surface area contributed by atoms with Crippen LogP contribution in [0.1, 0.15) is 22.3 Å². The number of rotatable bonds is 5. The summed E-state index contributed by atoms with van der Waals surface area (Å²) in [6.45, 7) is 3.95. The van der Waals surface area contributed by atoms with E-state index < -0.39 is 11.5 Å². The molecule has 0 aliphatic carbocycles. The Morgan fingerprint density at radius 3 is 2.52 bits per heavy atom. The predicted octanol–water partition coefficient (Wildman–Crippen LogP) is 3.83. The Balaban J connectivity index is 1.70. The summed E-state index contributed by atoms with van der Waals surface area (Å²) >= 11 is 0. The SMILES string of the molecule is C=CCN1C(=O)C(O)(CC(=O)c2ccc3ccccc3c2)c2ccccc21. The quantitative estimate of drug-likeness (QED) is 0.558. The first-order chi connectivity index (χ1) is 13.0. The van der Waals surface area contributed by atoms with Gasteiger partial charge >= 0.3 is 0 Å². The minimum absolute atomic E-state index is 0.271. The monoisotopic (exact) mass is 357 g/mol. The zero-order valence-corrected chi connectivity index (χ0v) is 14.8. The number of amides is 1. The average Bonchev–Trinajstić information content (AvgIpc) is 2.90. The topological polar surface area (TPSA) is 57.6 Å². The first-order valence-electron chi connectivity index (χ1n) is 8.81. The van der Waals surface area contributed by atoms with Gasteiger partial charge in [0.1, 0.15) is 0 Å². The fraction of sp³-hybridized carbons (Fsp3) is 0.130. The zero-order chi connectivity index (χ0) is 19.0. The smallest absolute Gasteiger partial charge is 0.264 e. The van der Waals surface area contributed by atoms with Crippen LogP contribution in [0.4, 0.5) is 5.69 Å².